The van der Waals surface area contributed by atoms with Crippen molar-refractivity contribution >= 4 is 11.6 Å². The molecule has 0 saturated carbocycles. The molecule has 1 amide bonds. The molecule has 7 heteroatoms. The van der Waals surface area contributed by atoms with Crippen LogP contribution in [0.2, 0.25) is 0 Å². The average Bonchev–Trinajstić information content (AvgIpc) is 3.09. The Kier molecular flexibility index (Phi) is 4.97. The number of anilines is 1. The molecule has 28 heavy (non-hydrogen) atoms. The second kappa shape index (κ2) is 7.72. The highest BCUT2D eigenvalue weighted by atomic mass is 16.4. The Morgan fingerprint density at radius 3 is 2.39 bits per heavy atom. The van der Waals surface area contributed by atoms with Crippen molar-refractivity contribution in [2.45, 2.75) is 13.5 Å². The number of rotatable bonds is 4. The van der Waals surface area contributed by atoms with Gasteiger partial charge >= 0.3 is 5.76 Å². The van der Waals surface area contributed by atoms with Gasteiger partial charge < -0.3 is 14.2 Å². The van der Waals surface area contributed by atoms with Gasteiger partial charge in [-0.25, -0.2) is 4.79 Å². The molecular weight excluding hydrogens is 356 g/mol. The summed E-state index contributed by atoms with van der Waals surface area (Å²) < 4.78 is 6.29. The first kappa shape index (κ1) is 18.0. The van der Waals surface area contributed by atoms with E-state index in [0.717, 1.165) is 17.8 Å². The van der Waals surface area contributed by atoms with Crippen LogP contribution in [0, 0.1) is 6.92 Å². The van der Waals surface area contributed by atoms with Crippen LogP contribution in [-0.4, -0.2) is 46.8 Å². The fourth-order valence-corrected chi connectivity index (χ4v) is 3.45. The highest BCUT2D eigenvalue weighted by Crippen LogP contribution is 2.21. The number of aryl methyl sites for hydroxylation is 1. The molecule has 0 aliphatic carbocycles. The summed E-state index contributed by atoms with van der Waals surface area (Å²) in [7, 11) is 0. The third-order valence-electron chi connectivity index (χ3n) is 5.00. The molecule has 2 heterocycles. The highest BCUT2D eigenvalue weighted by molar-refractivity contribution is 5.76. The van der Waals surface area contributed by atoms with Gasteiger partial charge in [0.15, 0.2) is 0 Å². The van der Waals surface area contributed by atoms with Crippen molar-refractivity contribution in [2.75, 3.05) is 31.1 Å². The van der Waals surface area contributed by atoms with Crippen molar-refractivity contribution in [1.29, 1.82) is 0 Å². The first-order chi connectivity index (χ1) is 13.6. The van der Waals surface area contributed by atoms with Crippen molar-refractivity contribution in [2.24, 2.45) is 0 Å². The minimum Gasteiger partial charge on any atom is -0.388 e. The van der Waals surface area contributed by atoms with E-state index in [1.165, 1.54) is 11.3 Å². The lowest BCUT2D eigenvalue weighted by molar-refractivity contribution is -0.132. The number of aromatic nitrogens is 2. The molecule has 1 fully saturated rings. The van der Waals surface area contributed by atoms with Gasteiger partial charge in [0, 0.05) is 37.4 Å². The van der Waals surface area contributed by atoms with Crippen LogP contribution < -0.4 is 10.7 Å². The van der Waals surface area contributed by atoms with E-state index in [2.05, 4.69) is 29.1 Å². The van der Waals surface area contributed by atoms with Crippen LogP contribution in [-0.2, 0) is 11.3 Å². The van der Waals surface area contributed by atoms with Crippen LogP contribution in [0.1, 0.15) is 5.56 Å². The number of para-hydroxylation sites is 1. The van der Waals surface area contributed by atoms with E-state index in [9.17, 15) is 9.59 Å². The summed E-state index contributed by atoms with van der Waals surface area (Å²) in [6, 6.07) is 17.4. The van der Waals surface area contributed by atoms with Crippen molar-refractivity contribution in [3.05, 3.63) is 70.7 Å². The molecule has 1 saturated heterocycles. The fraction of sp³-hybridized carbons (Fsp3) is 0.286. The highest BCUT2D eigenvalue weighted by Gasteiger charge is 2.23. The molecule has 1 aliphatic rings. The molecule has 0 radical (unpaired) electrons. The standard InChI is InChI=1S/C21H22N4O3/c1-16-7-5-6-10-18(16)23-11-13-24(14-12-23)19(26)15-25-21(27)28-20(22-25)17-8-3-2-4-9-17/h2-10H,11-15H2,1H3. The number of carbonyl (C=O) groups is 1. The number of benzene rings is 2. The maximum atomic E-state index is 12.6. The Morgan fingerprint density at radius 2 is 1.68 bits per heavy atom. The number of nitrogens with zero attached hydrogens (tertiary/aromatic N) is 4. The molecule has 0 atom stereocenters. The molecule has 1 aromatic heterocycles. The molecule has 0 N–H and O–H groups in total. The second-order valence-electron chi connectivity index (χ2n) is 6.85. The lowest BCUT2D eigenvalue weighted by Gasteiger charge is -2.36. The number of hydrogen-bond donors (Lipinski definition) is 0. The first-order valence-electron chi connectivity index (χ1n) is 9.33. The SMILES string of the molecule is Cc1ccccc1N1CCN(C(=O)Cn2nc(-c3ccccc3)oc2=O)CC1. The fourth-order valence-electron chi connectivity index (χ4n) is 3.45. The number of hydrogen-bond acceptors (Lipinski definition) is 5. The predicted octanol–water partition coefficient (Wildman–Crippen LogP) is 2.16. The van der Waals surface area contributed by atoms with Crippen LogP contribution in [0.25, 0.3) is 11.5 Å². The molecule has 2 aromatic carbocycles. The van der Waals surface area contributed by atoms with E-state index in [-0.39, 0.29) is 18.3 Å². The van der Waals surface area contributed by atoms with Crippen molar-refractivity contribution in [3.8, 4) is 11.5 Å². The van der Waals surface area contributed by atoms with Gasteiger partial charge in [-0.05, 0) is 30.7 Å². The van der Waals surface area contributed by atoms with Gasteiger partial charge in [0.2, 0.25) is 11.8 Å². The summed E-state index contributed by atoms with van der Waals surface area (Å²) in [5.41, 5.74) is 3.14. The van der Waals surface area contributed by atoms with Crippen molar-refractivity contribution < 1.29 is 9.21 Å². The van der Waals surface area contributed by atoms with Crippen molar-refractivity contribution in [1.82, 2.24) is 14.7 Å². The van der Waals surface area contributed by atoms with Gasteiger partial charge in [-0.1, -0.05) is 36.4 Å². The van der Waals surface area contributed by atoms with Crippen LogP contribution in [0.3, 0.4) is 0 Å². The van der Waals surface area contributed by atoms with E-state index < -0.39 is 5.76 Å². The van der Waals surface area contributed by atoms with E-state index >= 15 is 0 Å². The Labute approximate surface area is 162 Å². The summed E-state index contributed by atoms with van der Waals surface area (Å²) in [5, 5.41) is 4.17. The second-order valence-corrected chi connectivity index (χ2v) is 6.85. The summed E-state index contributed by atoms with van der Waals surface area (Å²) in [5.74, 6) is -0.520. The van der Waals surface area contributed by atoms with Gasteiger partial charge in [0.1, 0.15) is 6.54 Å². The molecule has 4 rings (SSSR count). The maximum absolute atomic E-state index is 12.6. The molecule has 1 aliphatic heterocycles. The Balaban J connectivity index is 1.40. The first-order valence-corrected chi connectivity index (χ1v) is 9.33. The van der Waals surface area contributed by atoms with Gasteiger partial charge in [0.05, 0.1) is 0 Å². The zero-order chi connectivity index (χ0) is 19.5. The van der Waals surface area contributed by atoms with Crippen LogP contribution in [0.5, 0.6) is 0 Å². The number of carbonyl (C=O) groups excluding carboxylic acids is 1. The van der Waals surface area contributed by atoms with E-state index in [1.807, 2.05) is 42.5 Å². The Morgan fingerprint density at radius 1 is 1.00 bits per heavy atom. The Hall–Kier alpha value is -3.35. The lowest BCUT2D eigenvalue weighted by Crippen LogP contribution is -2.50. The van der Waals surface area contributed by atoms with E-state index in [0.29, 0.717) is 18.7 Å². The largest absolute Gasteiger partial charge is 0.437 e. The summed E-state index contributed by atoms with van der Waals surface area (Å²) >= 11 is 0. The molecule has 144 valence electrons. The third kappa shape index (κ3) is 3.69. The monoisotopic (exact) mass is 378 g/mol. The molecule has 0 spiro atoms. The quantitative estimate of drug-likeness (QED) is 0.696. The zero-order valence-corrected chi connectivity index (χ0v) is 15.7. The van der Waals surface area contributed by atoms with Gasteiger partial charge in [-0.3, -0.25) is 4.79 Å². The summed E-state index contributed by atoms with van der Waals surface area (Å²) in [6.07, 6.45) is 0. The Bertz CT molecular complexity index is 1020. The predicted molar refractivity (Wildman–Crippen MR) is 106 cm³/mol. The summed E-state index contributed by atoms with van der Waals surface area (Å²) in [4.78, 5) is 28.8. The average molecular weight is 378 g/mol. The normalized spacial score (nSPS) is 14.3. The minimum absolute atomic E-state index is 0.112. The molecule has 0 bridgehead atoms. The molecule has 3 aromatic rings. The van der Waals surface area contributed by atoms with Crippen LogP contribution in [0.15, 0.2) is 63.8 Å². The number of piperazine rings is 1. The van der Waals surface area contributed by atoms with Crippen LogP contribution in [0.4, 0.5) is 5.69 Å². The van der Waals surface area contributed by atoms with Crippen molar-refractivity contribution in [3.63, 3.8) is 0 Å². The van der Waals surface area contributed by atoms with Gasteiger partial charge in [0.25, 0.3) is 0 Å². The molecule has 0 unspecified atom stereocenters. The van der Waals surface area contributed by atoms with Crippen LogP contribution >= 0.6 is 0 Å². The topological polar surface area (TPSA) is 71.6 Å². The third-order valence-corrected chi connectivity index (χ3v) is 5.00. The van der Waals surface area contributed by atoms with Gasteiger partial charge in [-0.15, -0.1) is 5.10 Å². The van der Waals surface area contributed by atoms with E-state index in [1.54, 1.807) is 4.90 Å². The smallest absolute Gasteiger partial charge is 0.388 e. The maximum Gasteiger partial charge on any atom is 0.437 e. The van der Waals surface area contributed by atoms with E-state index in [4.69, 9.17) is 4.42 Å². The molecular formula is C21H22N4O3. The number of amides is 1. The minimum atomic E-state index is -0.620. The molecule has 7 nitrogen and oxygen atoms in total. The van der Waals surface area contributed by atoms with Gasteiger partial charge in [-0.2, -0.15) is 4.68 Å². The zero-order valence-electron chi connectivity index (χ0n) is 15.7. The summed E-state index contributed by atoms with van der Waals surface area (Å²) in [6.45, 7) is 4.74. The lowest BCUT2D eigenvalue weighted by atomic mass is 10.1.